The van der Waals surface area contributed by atoms with Crippen molar-refractivity contribution >= 4 is 33.7 Å². The summed E-state index contributed by atoms with van der Waals surface area (Å²) in [6.45, 7) is 0.628. The molecule has 1 unspecified atom stereocenters. The first-order valence-electron chi connectivity index (χ1n) is 5.86. The quantitative estimate of drug-likeness (QED) is 0.502. The van der Waals surface area contributed by atoms with E-state index in [0.717, 1.165) is 11.3 Å². The van der Waals surface area contributed by atoms with Crippen LogP contribution >= 0.6 is 11.6 Å². The smallest absolute Gasteiger partial charge is 0.277 e. The molecule has 2 N–H and O–H groups in total. The number of nitro groups is 1. The lowest BCUT2D eigenvalue weighted by Gasteiger charge is -2.11. The third-order valence-electron chi connectivity index (χ3n) is 3.49. The Hall–Kier alpha value is -2.01. The molecule has 1 heterocycles. The number of fused-ring (bicyclic) bond motifs is 3. The molecule has 2 aromatic rings. The van der Waals surface area contributed by atoms with Gasteiger partial charge in [-0.25, -0.2) is 0 Å². The molecule has 98 valence electrons. The summed E-state index contributed by atoms with van der Waals surface area (Å²) in [5.74, 6) is 0.437. The number of nitrogens with one attached hydrogen (secondary N) is 1. The predicted molar refractivity (Wildman–Crippen MR) is 74.2 cm³/mol. The minimum absolute atomic E-state index is 0.00321. The molecule has 2 aromatic carbocycles. The first kappa shape index (κ1) is 12.0. The van der Waals surface area contributed by atoms with Crippen LogP contribution in [0.25, 0.3) is 10.8 Å². The summed E-state index contributed by atoms with van der Waals surface area (Å²) in [4.78, 5) is 10.8. The molecule has 0 spiro atoms. The van der Waals surface area contributed by atoms with Crippen LogP contribution in [0.4, 0.5) is 11.4 Å². The molecule has 0 saturated heterocycles. The van der Waals surface area contributed by atoms with Gasteiger partial charge in [-0.2, -0.15) is 0 Å². The predicted octanol–water partition coefficient (Wildman–Crippen LogP) is 3.20. The molecule has 1 atom stereocenters. The van der Waals surface area contributed by atoms with Gasteiger partial charge in [0.1, 0.15) is 5.75 Å². The second kappa shape index (κ2) is 4.28. The molecule has 0 aromatic heterocycles. The first-order chi connectivity index (χ1) is 9.13. The first-order valence-corrected chi connectivity index (χ1v) is 6.39. The van der Waals surface area contributed by atoms with Crippen molar-refractivity contribution in [2.24, 2.45) is 0 Å². The summed E-state index contributed by atoms with van der Waals surface area (Å²) < 4.78 is 0. The average Bonchev–Trinajstić information content (AvgIpc) is 2.81. The second-order valence-corrected chi connectivity index (χ2v) is 4.85. The Morgan fingerprint density at radius 3 is 3.00 bits per heavy atom. The van der Waals surface area contributed by atoms with E-state index in [1.807, 2.05) is 0 Å². The van der Waals surface area contributed by atoms with Gasteiger partial charge in [0.25, 0.3) is 5.69 Å². The summed E-state index contributed by atoms with van der Waals surface area (Å²) in [5, 5.41) is 25.3. The van der Waals surface area contributed by atoms with Crippen molar-refractivity contribution in [1.29, 1.82) is 0 Å². The number of aromatic hydroxyl groups is 1. The van der Waals surface area contributed by atoms with Crippen LogP contribution in [0, 0.1) is 10.1 Å². The second-order valence-electron chi connectivity index (χ2n) is 4.55. The van der Waals surface area contributed by atoms with Crippen LogP contribution in [0.2, 0.25) is 0 Å². The number of alkyl halides is 1. The van der Waals surface area contributed by atoms with Gasteiger partial charge in [-0.1, -0.05) is 12.1 Å². The van der Waals surface area contributed by atoms with Crippen molar-refractivity contribution in [1.82, 2.24) is 0 Å². The third-order valence-corrected chi connectivity index (χ3v) is 3.86. The molecule has 5 nitrogen and oxygen atoms in total. The Kier molecular flexibility index (Phi) is 2.71. The summed E-state index contributed by atoms with van der Waals surface area (Å²) in [5.41, 5.74) is 1.56. The maximum Gasteiger partial charge on any atom is 0.277 e. The number of hydrogen-bond donors (Lipinski definition) is 2. The Balaban J connectivity index is 2.45. The number of nitrogens with zero attached hydrogens (tertiary/aromatic N) is 1. The molecule has 3 rings (SSSR count). The fourth-order valence-corrected chi connectivity index (χ4v) is 2.92. The molecule has 0 fully saturated rings. The highest BCUT2D eigenvalue weighted by molar-refractivity contribution is 6.19. The summed E-state index contributed by atoms with van der Waals surface area (Å²) >= 11 is 5.94. The molecule has 0 aliphatic carbocycles. The van der Waals surface area contributed by atoms with E-state index in [1.54, 1.807) is 18.2 Å². The molecule has 0 saturated carbocycles. The van der Waals surface area contributed by atoms with Gasteiger partial charge < -0.3 is 10.4 Å². The molecule has 1 aliphatic heterocycles. The SMILES string of the molecule is O=[N+]([O-])c1cccc2c(O)cc3c(c12)C(CCl)CN3. The summed E-state index contributed by atoms with van der Waals surface area (Å²) in [6, 6.07) is 6.31. The molecule has 19 heavy (non-hydrogen) atoms. The van der Waals surface area contributed by atoms with E-state index in [2.05, 4.69) is 5.32 Å². The molecular formula is C13H11ClN2O3. The van der Waals surface area contributed by atoms with E-state index in [1.165, 1.54) is 6.07 Å². The van der Waals surface area contributed by atoms with Gasteiger partial charge >= 0.3 is 0 Å². The topological polar surface area (TPSA) is 75.4 Å². The maximum absolute atomic E-state index is 11.2. The van der Waals surface area contributed by atoms with Crippen LogP contribution in [0.3, 0.4) is 0 Å². The van der Waals surface area contributed by atoms with Crippen molar-refractivity contribution in [3.63, 3.8) is 0 Å². The highest BCUT2D eigenvalue weighted by Gasteiger charge is 2.29. The highest BCUT2D eigenvalue weighted by atomic mass is 35.5. The van der Waals surface area contributed by atoms with Crippen molar-refractivity contribution in [2.45, 2.75) is 5.92 Å². The number of rotatable bonds is 2. The number of non-ortho nitro benzene ring substituents is 1. The number of benzene rings is 2. The minimum atomic E-state index is -0.425. The van der Waals surface area contributed by atoms with Gasteiger partial charge in [0, 0.05) is 41.5 Å². The lowest BCUT2D eigenvalue weighted by atomic mass is 9.94. The average molecular weight is 279 g/mol. The Bertz CT molecular complexity index is 687. The van der Waals surface area contributed by atoms with Crippen molar-refractivity contribution in [3.8, 4) is 5.75 Å². The molecule has 6 heteroatoms. The molecule has 0 radical (unpaired) electrons. The van der Waals surface area contributed by atoms with E-state index in [-0.39, 0.29) is 17.4 Å². The molecular weight excluding hydrogens is 268 g/mol. The van der Waals surface area contributed by atoms with Crippen LogP contribution in [0.1, 0.15) is 11.5 Å². The number of nitro benzene ring substituents is 1. The number of hydrogen-bond acceptors (Lipinski definition) is 4. The van der Waals surface area contributed by atoms with E-state index in [9.17, 15) is 15.2 Å². The van der Waals surface area contributed by atoms with Crippen LogP contribution in [-0.2, 0) is 0 Å². The van der Waals surface area contributed by atoms with E-state index < -0.39 is 4.92 Å². The van der Waals surface area contributed by atoms with Gasteiger partial charge in [0.2, 0.25) is 0 Å². The van der Waals surface area contributed by atoms with Gasteiger partial charge in [0.05, 0.1) is 10.3 Å². The van der Waals surface area contributed by atoms with Crippen LogP contribution in [-0.4, -0.2) is 22.5 Å². The monoisotopic (exact) mass is 278 g/mol. The van der Waals surface area contributed by atoms with E-state index in [0.29, 0.717) is 23.2 Å². The highest BCUT2D eigenvalue weighted by Crippen LogP contribution is 2.45. The van der Waals surface area contributed by atoms with Crippen molar-refractivity contribution in [2.75, 3.05) is 17.7 Å². The van der Waals surface area contributed by atoms with E-state index in [4.69, 9.17) is 11.6 Å². The van der Waals surface area contributed by atoms with Gasteiger partial charge in [-0.05, 0) is 5.56 Å². The van der Waals surface area contributed by atoms with Gasteiger partial charge in [0.15, 0.2) is 0 Å². The maximum atomic E-state index is 11.2. The normalized spacial score (nSPS) is 17.2. The van der Waals surface area contributed by atoms with Gasteiger partial charge in [-0.15, -0.1) is 11.6 Å². The lowest BCUT2D eigenvalue weighted by molar-refractivity contribution is -0.383. The summed E-state index contributed by atoms with van der Waals surface area (Å²) in [7, 11) is 0. The number of phenols is 1. The third kappa shape index (κ3) is 1.69. The fourth-order valence-electron chi connectivity index (χ4n) is 2.65. The molecule has 1 aliphatic rings. The van der Waals surface area contributed by atoms with Crippen LogP contribution in [0.5, 0.6) is 5.75 Å². The fraction of sp³-hybridized carbons (Fsp3) is 0.231. The van der Waals surface area contributed by atoms with Crippen molar-refractivity contribution < 1.29 is 10.0 Å². The van der Waals surface area contributed by atoms with Crippen molar-refractivity contribution in [3.05, 3.63) is 39.9 Å². The largest absolute Gasteiger partial charge is 0.507 e. The molecule has 0 bridgehead atoms. The lowest BCUT2D eigenvalue weighted by Crippen LogP contribution is -2.03. The molecule has 0 amide bonds. The zero-order valence-electron chi connectivity index (χ0n) is 9.89. The number of phenolic OH excluding ortho intramolecular Hbond substituents is 1. The Morgan fingerprint density at radius 2 is 2.32 bits per heavy atom. The van der Waals surface area contributed by atoms with Crippen LogP contribution in [0.15, 0.2) is 24.3 Å². The standard InChI is InChI=1S/C13H11ClN2O3/c14-5-7-6-15-9-4-11(17)8-2-1-3-10(16(18)19)13(8)12(7)9/h1-4,7,15,17H,5-6H2. The van der Waals surface area contributed by atoms with E-state index >= 15 is 0 Å². The zero-order valence-corrected chi connectivity index (χ0v) is 10.6. The number of anilines is 1. The summed E-state index contributed by atoms with van der Waals surface area (Å²) in [6.07, 6.45) is 0. The number of halogens is 1. The Morgan fingerprint density at radius 1 is 1.53 bits per heavy atom. The van der Waals surface area contributed by atoms with Crippen LogP contribution < -0.4 is 5.32 Å². The minimum Gasteiger partial charge on any atom is -0.507 e. The van der Waals surface area contributed by atoms with Gasteiger partial charge in [-0.3, -0.25) is 10.1 Å². The zero-order chi connectivity index (χ0) is 13.6. The Labute approximate surface area is 114 Å².